The maximum absolute atomic E-state index is 9.33. The van der Waals surface area contributed by atoms with Crippen LogP contribution < -0.4 is 4.74 Å². The zero-order valence-electron chi connectivity index (χ0n) is 8.56. The minimum Gasteiger partial charge on any atom is -0.504 e. The van der Waals surface area contributed by atoms with Crippen molar-refractivity contribution in [3.8, 4) is 11.5 Å². The van der Waals surface area contributed by atoms with E-state index in [2.05, 4.69) is 5.10 Å². The van der Waals surface area contributed by atoms with Crippen molar-refractivity contribution in [1.29, 1.82) is 0 Å². The lowest BCUT2D eigenvalue weighted by molar-refractivity contribution is 0.373. The summed E-state index contributed by atoms with van der Waals surface area (Å²) in [5, 5.41) is 15.1. The van der Waals surface area contributed by atoms with Crippen LogP contribution in [0, 0.1) is 0 Å². The number of rotatable bonds is 3. The van der Waals surface area contributed by atoms with E-state index in [1.165, 1.54) is 7.11 Å². The Morgan fingerprint density at radius 3 is 2.71 bits per heavy atom. The molecular formula is C10H14N2O2. The number of nitrogens with zero attached hydrogens (tertiary/aromatic N) is 2. The Kier molecular flexibility index (Phi) is 3.34. The molecule has 0 atom stereocenters. The normalized spacial score (nSPS) is 10.5. The van der Waals surface area contributed by atoms with Crippen LogP contribution in [0.1, 0.15) is 5.56 Å². The van der Waals surface area contributed by atoms with Crippen LogP contribution in [-0.4, -0.2) is 37.5 Å². The summed E-state index contributed by atoms with van der Waals surface area (Å²) in [5.41, 5.74) is 0.883. The van der Waals surface area contributed by atoms with Crippen molar-refractivity contribution in [2.75, 3.05) is 21.2 Å². The van der Waals surface area contributed by atoms with Crippen molar-refractivity contribution in [3.63, 3.8) is 0 Å². The first-order chi connectivity index (χ1) is 6.63. The van der Waals surface area contributed by atoms with E-state index >= 15 is 0 Å². The summed E-state index contributed by atoms with van der Waals surface area (Å²) in [6.07, 6.45) is 1.70. The average Bonchev–Trinajstić information content (AvgIpc) is 2.16. The van der Waals surface area contributed by atoms with Gasteiger partial charge < -0.3 is 14.9 Å². The van der Waals surface area contributed by atoms with Gasteiger partial charge in [0.15, 0.2) is 11.5 Å². The maximum atomic E-state index is 9.33. The van der Waals surface area contributed by atoms with Crippen LogP contribution in [0.2, 0.25) is 0 Å². The van der Waals surface area contributed by atoms with Gasteiger partial charge in [-0.2, -0.15) is 5.10 Å². The van der Waals surface area contributed by atoms with E-state index in [9.17, 15) is 5.11 Å². The lowest BCUT2D eigenvalue weighted by Crippen LogP contribution is -2.01. The van der Waals surface area contributed by atoms with Crippen molar-refractivity contribution in [2.45, 2.75) is 0 Å². The van der Waals surface area contributed by atoms with Gasteiger partial charge in [-0.15, -0.1) is 0 Å². The van der Waals surface area contributed by atoms with Gasteiger partial charge in [0.1, 0.15) is 0 Å². The molecule has 0 unspecified atom stereocenters. The molecule has 0 saturated heterocycles. The fourth-order valence-corrected chi connectivity index (χ4v) is 0.957. The lowest BCUT2D eigenvalue weighted by atomic mass is 10.2. The first-order valence-electron chi connectivity index (χ1n) is 4.22. The van der Waals surface area contributed by atoms with Crippen molar-refractivity contribution in [2.24, 2.45) is 5.10 Å². The largest absolute Gasteiger partial charge is 0.504 e. The number of hydrazone groups is 1. The Morgan fingerprint density at radius 1 is 1.43 bits per heavy atom. The van der Waals surface area contributed by atoms with Gasteiger partial charge in [-0.05, 0) is 23.8 Å². The molecule has 0 radical (unpaired) electrons. The molecule has 1 aromatic carbocycles. The molecule has 0 aliphatic carbocycles. The van der Waals surface area contributed by atoms with E-state index in [4.69, 9.17) is 4.74 Å². The highest BCUT2D eigenvalue weighted by molar-refractivity contribution is 5.80. The van der Waals surface area contributed by atoms with Crippen LogP contribution in [0.5, 0.6) is 11.5 Å². The summed E-state index contributed by atoms with van der Waals surface area (Å²) in [6.45, 7) is 0. The number of phenols is 1. The topological polar surface area (TPSA) is 45.1 Å². The van der Waals surface area contributed by atoms with Crippen LogP contribution in [0.25, 0.3) is 0 Å². The maximum Gasteiger partial charge on any atom is 0.161 e. The minimum atomic E-state index is 0.134. The molecule has 0 fully saturated rings. The summed E-state index contributed by atoms with van der Waals surface area (Å²) in [7, 11) is 5.20. The van der Waals surface area contributed by atoms with Crippen molar-refractivity contribution in [1.82, 2.24) is 5.01 Å². The average molecular weight is 194 g/mol. The Hall–Kier alpha value is -1.71. The van der Waals surface area contributed by atoms with E-state index in [0.29, 0.717) is 5.75 Å². The van der Waals surface area contributed by atoms with E-state index in [0.717, 1.165) is 5.56 Å². The lowest BCUT2D eigenvalue weighted by Gasteiger charge is -2.05. The Bertz CT molecular complexity index is 335. The molecule has 0 amide bonds. The van der Waals surface area contributed by atoms with Gasteiger partial charge in [0, 0.05) is 14.1 Å². The molecule has 4 heteroatoms. The minimum absolute atomic E-state index is 0.134. The van der Waals surface area contributed by atoms with Gasteiger partial charge >= 0.3 is 0 Å². The molecule has 0 aliphatic rings. The van der Waals surface area contributed by atoms with E-state index in [1.54, 1.807) is 29.4 Å². The molecule has 0 bridgehead atoms. The number of methoxy groups -OCH3 is 1. The standard InChI is InChI=1S/C10H14N2O2/c1-12(2)11-7-8-4-5-9(13)10(6-8)14-3/h4-7,13H,1-3H3. The molecule has 0 aromatic heterocycles. The third kappa shape index (κ3) is 2.65. The summed E-state index contributed by atoms with van der Waals surface area (Å²) in [4.78, 5) is 0. The van der Waals surface area contributed by atoms with Crippen LogP contribution in [0.4, 0.5) is 0 Å². The number of benzene rings is 1. The molecule has 0 aliphatic heterocycles. The first-order valence-corrected chi connectivity index (χ1v) is 4.22. The highest BCUT2D eigenvalue weighted by Crippen LogP contribution is 2.25. The van der Waals surface area contributed by atoms with E-state index in [-0.39, 0.29) is 5.75 Å². The molecule has 0 saturated carbocycles. The number of phenolic OH excluding ortho intramolecular Hbond substituents is 1. The molecule has 1 aromatic rings. The van der Waals surface area contributed by atoms with Gasteiger partial charge in [-0.3, -0.25) is 0 Å². The van der Waals surface area contributed by atoms with Crippen molar-refractivity contribution in [3.05, 3.63) is 23.8 Å². The molecule has 1 N–H and O–H groups in total. The van der Waals surface area contributed by atoms with Gasteiger partial charge in [-0.25, -0.2) is 0 Å². The monoisotopic (exact) mass is 194 g/mol. The zero-order valence-corrected chi connectivity index (χ0v) is 8.56. The van der Waals surface area contributed by atoms with Gasteiger partial charge in [0.2, 0.25) is 0 Å². The summed E-state index contributed by atoms with van der Waals surface area (Å²) in [5.74, 6) is 0.585. The predicted octanol–water partition coefficient (Wildman–Crippen LogP) is 1.30. The molecule has 4 nitrogen and oxygen atoms in total. The number of ether oxygens (including phenoxy) is 1. The summed E-state index contributed by atoms with van der Waals surface area (Å²) >= 11 is 0. The number of aromatic hydroxyl groups is 1. The summed E-state index contributed by atoms with van der Waals surface area (Å²) in [6, 6.07) is 5.07. The van der Waals surface area contributed by atoms with Gasteiger partial charge in [0.25, 0.3) is 0 Å². The highest BCUT2D eigenvalue weighted by Gasteiger charge is 2.00. The molecule has 0 spiro atoms. The zero-order chi connectivity index (χ0) is 10.6. The fourth-order valence-electron chi connectivity index (χ4n) is 0.957. The Balaban J connectivity index is 2.89. The van der Waals surface area contributed by atoms with Gasteiger partial charge in [0.05, 0.1) is 13.3 Å². The van der Waals surface area contributed by atoms with Crippen LogP contribution >= 0.6 is 0 Å². The van der Waals surface area contributed by atoms with E-state index in [1.807, 2.05) is 14.1 Å². The molecule has 76 valence electrons. The second-order valence-corrected chi connectivity index (χ2v) is 3.02. The molecule has 0 heterocycles. The number of hydrogen-bond donors (Lipinski definition) is 1. The second kappa shape index (κ2) is 4.50. The molecular weight excluding hydrogens is 180 g/mol. The quantitative estimate of drug-likeness (QED) is 0.582. The Labute approximate surface area is 83.4 Å². The summed E-state index contributed by atoms with van der Waals surface area (Å²) < 4.78 is 4.97. The van der Waals surface area contributed by atoms with Crippen LogP contribution in [0.3, 0.4) is 0 Å². The predicted molar refractivity (Wildman–Crippen MR) is 55.9 cm³/mol. The van der Waals surface area contributed by atoms with E-state index < -0.39 is 0 Å². The van der Waals surface area contributed by atoms with Gasteiger partial charge in [-0.1, -0.05) is 0 Å². The number of hydrogen-bond acceptors (Lipinski definition) is 4. The first kappa shape index (κ1) is 10.4. The molecule has 14 heavy (non-hydrogen) atoms. The smallest absolute Gasteiger partial charge is 0.161 e. The fraction of sp³-hybridized carbons (Fsp3) is 0.300. The molecule has 1 rings (SSSR count). The highest BCUT2D eigenvalue weighted by atomic mass is 16.5. The Morgan fingerprint density at radius 2 is 2.14 bits per heavy atom. The third-order valence-electron chi connectivity index (χ3n) is 1.64. The van der Waals surface area contributed by atoms with Crippen LogP contribution in [0.15, 0.2) is 23.3 Å². The third-order valence-corrected chi connectivity index (χ3v) is 1.64. The van der Waals surface area contributed by atoms with Crippen molar-refractivity contribution >= 4 is 6.21 Å². The van der Waals surface area contributed by atoms with Crippen molar-refractivity contribution < 1.29 is 9.84 Å². The second-order valence-electron chi connectivity index (χ2n) is 3.02. The SMILES string of the molecule is COc1cc(C=NN(C)C)ccc1O. The van der Waals surface area contributed by atoms with Crippen LogP contribution in [-0.2, 0) is 0 Å².